The average molecular weight is 262 g/mol. The van der Waals surface area contributed by atoms with Gasteiger partial charge < -0.3 is 14.8 Å². The highest BCUT2D eigenvalue weighted by atomic mass is 35.5. The molecule has 1 atom stereocenters. The Bertz CT molecular complexity index is 436. The van der Waals surface area contributed by atoms with Gasteiger partial charge in [0.1, 0.15) is 6.61 Å². The summed E-state index contributed by atoms with van der Waals surface area (Å²) in [5, 5.41) is 3.24. The molecule has 6 heteroatoms. The van der Waals surface area contributed by atoms with Gasteiger partial charge in [-0.1, -0.05) is 23.2 Å². The first-order valence-corrected chi connectivity index (χ1v) is 5.37. The number of ether oxygens (including phenoxy) is 2. The van der Waals surface area contributed by atoms with Gasteiger partial charge in [0, 0.05) is 19.2 Å². The number of rotatable bonds is 1. The Morgan fingerprint density at radius 1 is 1.38 bits per heavy atom. The van der Waals surface area contributed by atoms with Crippen LogP contribution in [0, 0.1) is 0 Å². The van der Waals surface area contributed by atoms with E-state index in [1.54, 1.807) is 6.07 Å². The van der Waals surface area contributed by atoms with Crippen molar-refractivity contribution in [2.75, 3.05) is 13.7 Å². The summed E-state index contributed by atoms with van der Waals surface area (Å²) in [7, 11) is 1.54. The highest BCUT2D eigenvalue weighted by molar-refractivity contribution is 6.42. The zero-order valence-electron chi connectivity index (χ0n) is 8.42. The van der Waals surface area contributed by atoms with Gasteiger partial charge in [0.25, 0.3) is 5.91 Å². The summed E-state index contributed by atoms with van der Waals surface area (Å²) in [6, 6.07) is 3.10. The van der Waals surface area contributed by atoms with Crippen LogP contribution < -0.4 is 14.8 Å². The molecule has 1 aromatic rings. The van der Waals surface area contributed by atoms with Gasteiger partial charge in [0.2, 0.25) is 6.10 Å². The number of hydrogen-bond acceptors (Lipinski definition) is 3. The lowest BCUT2D eigenvalue weighted by Crippen LogP contribution is -2.42. The molecular weight excluding hydrogens is 253 g/mol. The number of nitrogens with one attached hydrogen (secondary N) is 1. The van der Waals surface area contributed by atoms with Gasteiger partial charge in [-0.15, -0.1) is 0 Å². The number of benzene rings is 1. The molecule has 0 aliphatic carbocycles. The lowest BCUT2D eigenvalue weighted by molar-refractivity contribution is -0.129. The van der Waals surface area contributed by atoms with Gasteiger partial charge in [0.05, 0.1) is 10.0 Å². The van der Waals surface area contributed by atoms with E-state index in [1.165, 1.54) is 13.1 Å². The van der Waals surface area contributed by atoms with Crippen molar-refractivity contribution < 1.29 is 14.3 Å². The van der Waals surface area contributed by atoms with E-state index in [9.17, 15) is 4.79 Å². The molecule has 0 bridgehead atoms. The Morgan fingerprint density at radius 3 is 2.62 bits per heavy atom. The SMILES string of the molecule is CNC(=O)C1COc2cc(Cl)c(Cl)cc2O1. The highest BCUT2D eigenvalue weighted by Gasteiger charge is 2.27. The number of amides is 1. The smallest absolute Gasteiger partial charge is 0.264 e. The number of halogens is 2. The van der Waals surface area contributed by atoms with Gasteiger partial charge in [-0.2, -0.15) is 0 Å². The van der Waals surface area contributed by atoms with Crippen molar-refractivity contribution in [2.24, 2.45) is 0 Å². The maximum Gasteiger partial charge on any atom is 0.264 e. The average Bonchev–Trinajstić information content (AvgIpc) is 2.29. The van der Waals surface area contributed by atoms with Gasteiger partial charge in [0.15, 0.2) is 11.5 Å². The van der Waals surface area contributed by atoms with Crippen LogP contribution in [-0.2, 0) is 4.79 Å². The van der Waals surface area contributed by atoms with Crippen molar-refractivity contribution in [1.29, 1.82) is 0 Å². The second-order valence-electron chi connectivity index (χ2n) is 3.24. The highest BCUT2D eigenvalue weighted by Crippen LogP contribution is 2.38. The predicted octanol–water partition coefficient (Wildman–Crippen LogP) is 1.88. The fourth-order valence-electron chi connectivity index (χ4n) is 1.36. The number of carbonyl (C=O) groups is 1. The van der Waals surface area contributed by atoms with Crippen LogP contribution in [0.3, 0.4) is 0 Å². The minimum atomic E-state index is -0.658. The van der Waals surface area contributed by atoms with Crippen LogP contribution in [0.4, 0.5) is 0 Å². The summed E-state index contributed by atoms with van der Waals surface area (Å²) in [5.41, 5.74) is 0. The van der Waals surface area contributed by atoms with Crippen LogP contribution in [0.25, 0.3) is 0 Å². The Morgan fingerprint density at radius 2 is 2.00 bits per heavy atom. The summed E-state index contributed by atoms with van der Waals surface area (Å²) in [6.07, 6.45) is -0.658. The normalized spacial score (nSPS) is 18.1. The minimum absolute atomic E-state index is 0.157. The van der Waals surface area contributed by atoms with E-state index < -0.39 is 6.10 Å². The first kappa shape index (κ1) is 11.4. The first-order valence-electron chi connectivity index (χ1n) is 4.62. The zero-order chi connectivity index (χ0) is 11.7. The zero-order valence-corrected chi connectivity index (χ0v) is 9.93. The van der Waals surface area contributed by atoms with Crippen LogP contribution in [-0.4, -0.2) is 25.7 Å². The molecule has 1 aliphatic heterocycles. The van der Waals surface area contributed by atoms with E-state index in [1.807, 2.05) is 0 Å². The predicted molar refractivity (Wildman–Crippen MR) is 60.4 cm³/mol. The molecule has 1 aromatic carbocycles. The molecule has 0 saturated heterocycles. The quantitative estimate of drug-likeness (QED) is 0.840. The maximum atomic E-state index is 11.4. The minimum Gasteiger partial charge on any atom is -0.485 e. The van der Waals surface area contributed by atoms with Crippen LogP contribution in [0.1, 0.15) is 0 Å². The third kappa shape index (κ3) is 2.03. The summed E-state index contributed by atoms with van der Waals surface area (Å²) >= 11 is 11.7. The lowest BCUT2D eigenvalue weighted by Gasteiger charge is -2.25. The molecule has 1 unspecified atom stereocenters. The Hall–Kier alpha value is -1.13. The summed E-state index contributed by atoms with van der Waals surface area (Å²) in [6.45, 7) is 0.157. The van der Waals surface area contributed by atoms with E-state index in [0.717, 1.165) is 0 Å². The second-order valence-corrected chi connectivity index (χ2v) is 4.06. The third-order valence-electron chi connectivity index (χ3n) is 2.18. The molecule has 0 aromatic heterocycles. The van der Waals surface area contributed by atoms with E-state index in [-0.39, 0.29) is 12.5 Å². The molecule has 2 rings (SSSR count). The van der Waals surface area contributed by atoms with Crippen LogP contribution >= 0.6 is 23.2 Å². The Kier molecular flexibility index (Phi) is 3.12. The molecule has 16 heavy (non-hydrogen) atoms. The molecule has 0 spiro atoms. The number of carbonyl (C=O) groups excluding carboxylic acids is 1. The van der Waals surface area contributed by atoms with Crippen molar-refractivity contribution in [3.63, 3.8) is 0 Å². The van der Waals surface area contributed by atoms with E-state index in [4.69, 9.17) is 32.7 Å². The molecule has 1 aliphatic rings. The van der Waals surface area contributed by atoms with E-state index in [0.29, 0.717) is 21.5 Å². The topological polar surface area (TPSA) is 47.6 Å². The Balaban J connectivity index is 2.27. The van der Waals surface area contributed by atoms with E-state index >= 15 is 0 Å². The summed E-state index contributed by atoms with van der Waals surface area (Å²) in [4.78, 5) is 11.4. The molecule has 86 valence electrons. The monoisotopic (exact) mass is 261 g/mol. The van der Waals surface area contributed by atoms with Gasteiger partial charge in [-0.25, -0.2) is 0 Å². The molecule has 0 radical (unpaired) electrons. The van der Waals surface area contributed by atoms with Crippen LogP contribution in [0.2, 0.25) is 10.0 Å². The fraction of sp³-hybridized carbons (Fsp3) is 0.300. The molecule has 0 saturated carbocycles. The summed E-state index contributed by atoms with van der Waals surface area (Å²) in [5.74, 6) is 0.681. The van der Waals surface area contributed by atoms with Crippen molar-refractivity contribution in [3.8, 4) is 11.5 Å². The number of fused-ring (bicyclic) bond motifs is 1. The van der Waals surface area contributed by atoms with Crippen LogP contribution in [0.15, 0.2) is 12.1 Å². The lowest BCUT2D eigenvalue weighted by atomic mass is 10.2. The fourth-order valence-corrected chi connectivity index (χ4v) is 1.67. The number of likely N-dealkylation sites (N-methyl/N-ethyl adjacent to an activating group) is 1. The summed E-state index contributed by atoms with van der Waals surface area (Å²) < 4.78 is 10.8. The molecule has 4 nitrogen and oxygen atoms in total. The van der Waals surface area contributed by atoms with Gasteiger partial charge >= 0.3 is 0 Å². The molecule has 1 N–H and O–H groups in total. The maximum absolute atomic E-state index is 11.4. The van der Waals surface area contributed by atoms with Gasteiger partial charge in [-0.05, 0) is 0 Å². The number of hydrogen-bond donors (Lipinski definition) is 1. The largest absolute Gasteiger partial charge is 0.485 e. The van der Waals surface area contributed by atoms with Crippen molar-refractivity contribution in [1.82, 2.24) is 5.32 Å². The van der Waals surface area contributed by atoms with Crippen molar-refractivity contribution in [3.05, 3.63) is 22.2 Å². The first-order chi connectivity index (χ1) is 7.61. The molecular formula is C10H9Cl2NO3. The molecule has 0 fully saturated rings. The van der Waals surface area contributed by atoms with Crippen LogP contribution in [0.5, 0.6) is 11.5 Å². The van der Waals surface area contributed by atoms with Crippen molar-refractivity contribution in [2.45, 2.75) is 6.10 Å². The van der Waals surface area contributed by atoms with E-state index in [2.05, 4.69) is 5.32 Å². The molecule has 1 heterocycles. The third-order valence-corrected chi connectivity index (χ3v) is 2.91. The van der Waals surface area contributed by atoms with Gasteiger partial charge in [-0.3, -0.25) is 4.79 Å². The standard InChI is InChI=1S/C10H9Cl2NO3/c1-13-10(14)9-4-15-7-2-5(11)6(12)3-8(7)16-9/h2-3,9H,4H2,1H3,(H,13,14). The van der Waals surface area contributed by atoms with Crippen molar-refractivity contribution >= 4 is 29.1 Å². The Labute approximate surface area is 102 Å². The second kappa shape index (κ2) is 4.39. The molecule has 1 amide bonds.